The van der Waals surface area contributed by atoms with E-state index in [9.17, 15) is 9.59 Å². The van der Waals surface area contributed by atoms with Crippen molar-refractivity contribution in [3.63, 3.8) is 0 Å². The highest BCUT2D eigenvalue weighted by atomic mass is 32.2. The monoisotopic (exact) mass is 430 g/mol. The molecule has 3 aromatic rings. The first-order chi connectivity index (χ1) is 14.6. The molecule has 2 heterocycles. The van der Waals surface area contributed by atoms with Crippen LogP contribution in [-0.4, -0.2) is 52.7 Å². The van der Waals surface area contributed by atoms with Crippen LogP contribution in [0.3, 0.4) is 0 Å². The lowest BCUT2D eigenvalue weighted by Gasteiger charge is -2.09. The lowest BCUT2D eigenvalue weighted by atomic mass is 10.2. The summed E-state index contributed by atoms with van der Waals surface area (Å²) < 4.78 is 17.3. The normalized spacial score (nSPS) is 10.6. The van der Waals surface area contributed by atoms with E-state index in [4.69, 9.17) is 13.9 Å². The summed E-state index contributed by atoms with van der Waals surface area (Å²) in [6.07, 6.45) is 1.60. The van der Waals surface area contributed by atoms with Gasteiger partial charge in [-0.25, -0.2) is 0 Å². The smallest absolute Gasteiger partial charge is 0.325 e. The summed E-state index contributed by atoms with van der Waals surface area (Å²) in [6, 6.07) is 11.1. The minimum Gasteiger partial charge on any atom is -0.497 e. The number of benzene rings is 1. The van der Waals surface area contributed by atoms with Crippen LogP contribution >= 0.6 is 11.8 Å². The van der Waals surface area contributed by atoms with Crippen molar-refractivity contribution in [1.82, 2.24) is 20.1 Å². The maximum absolute atomic E-state index is 12.1. The largest absolute Gasteiger partial charge is 0.497 e. The van der Waals surface area contributed by atoms with Crippen LogP contribution in [0, 0.1) is 0 Å². The second-order valence-electron chi connectivity index (χ2n) is 6.07. The van der Waals surface area contributed by atoms with Crippen LogP contribution in [0.1, 0.15) is 12.7 Å². The van der Waals surface area contributed by atoms with E-state index in [0.29, 0.717) is 17.5 Å². The fraction of sp³-hybridized carbons (Fsp3) is 0.300. The molecule has 0 spiro atoms. The SMILES string of the molecule is CCOC(=O)CNC(=O)CSc1nnc(-c2ccc(OC)cc2)n1Cc1ccco1. The quantitative estimate of drug-likeness (QED) is 0.386. The number of esters is 1. The van der Waals surface area contributed by atoms with Gasteiger partial charge in [-0.15, -0.1) is 10.2 Å². The van der Waals surface area contributed by atoms with Crippen LogP contribution < -0.4 is 10.1 Å². The fourth-order valence-corrected chi connectivity index (χ4v) is 3.38. The molecule has 0 aliphatic heterocycles. The highest BCUT2D eigenvalue weighted by molar-refractivity contribution is 7.99. The number of aromatic nitrogens is 3. The number of furan rings is 1. The van der Waals surface area contributed by atoms with Gasteiger partial charge in [-0.3, -0.25) is 14.2 Å². The number of hydrogen-bond acceptors (Lipinski definition) is 8. The van der Waals surface area contributed by atoms with Crippen molar-refractivity contribution in [1.29, 1.82) is 0 Å². The summed E-state index contributed by atoms with van der Waals surface area (Å²) in [7, 11) is 1.61. The highest BCUT2D eigenvalue weighted by Crippen LogP contribution is 2.26. The number of rotatable bonds is 10. The van der Waals surface area contributed by atoms with Crippen molar-refractivity contribution < 1.29 is 23.5 Å². The van der Waals surface area contributed by atoms with Crippen LogP contribution in [0.25, 0.3) is 11.4 Å². The molecule has 30 heavy (non-hydrogen) atoms. The predicted octanol–water partition coefficient (Wildman–Crippen LogP) is 2.37. The highest BCUT2D eigenvalue weighted by Gasteiger charge is 2.17. The molecule has 0 saturated heterocycles. The number of nitrogens with one attached hydrogen (secondary N) is 1. The molecular formula is C20H22N4O5S. The molecule has 2 aromatic heterocycles. The zero-order valence-corrected chi connectivity index (χ0v) is 17.5. The Morgan fingerprint density at radius 1 is 1.20 bits per heavy atom. The van der Waals surface area contributed by atoms with E-state index in [1.165, 1.54) is 11.8 Å². The van der Waals surface area contributed by atoms with E-state index in [1.54, 1.807) is 20.3 Å². The van der Waals surface area contributed by atoms with Crippen molar-refractivity contribution in [3.05, 3.63) is 48.4 Å². The van der Waals surface area contributed by atoms with Gasteiger partial charge in [0.1, 0.15) is 18.1 Å². The summed E-state index contributed by atoms with van der Waals surface area (Å²) in [5.74, 6) is 1.42. The molecule has 0 bridgehead atoms. The fourth-order valence-electron chi connectivity index (χ4n) is 2.61. The number of amides is 1. The number of ether oxygens (including phenoxy) is 2. The Balaban J connectivity index is 1.74. The van der Waals surface area contributed by atoms with Crippen molar-refractivity contribution in [2.45, 2.75) is 18.6 Å². The number of carbonyl (C=O) groups excluding carboxylic acids is 2. The van der Waals surface area contributed by atoms with Gasteiger partial charge in [-0.1, -0.05) is 11.8 Å². The lowest BCUT2D eigenvalue weighted by Crippen LogP contribution is -2.31. The van der Waals surface area contributed by atoms with E-state index in [-0.39, 0.29) is 24.8 Å². The third-order valence-electron chi connectivity index (χ3n) is 4.03. The maximum atomic E-state index is 12.1. The van der Waals surface area contributed by atoms with Gasteiger partial charge in [0.25, 0.3) is 0 Å². The molecule has 0 aliphatic rings. The molecule has 0 aliphatic carbocycles. The first-order valence-electron chi connectivity index (χ1n) is 9.25. The topological polar surface area (TPSA) is 108 Å². The average molecular weight is 430 g/mol. The first kappa shape index (κ1) is 21.4. The van der Waals surface area contributed by atoms with E-state index >= 15 is 0 Å². The minimum absolute atomic E-state index is 0.0817. The molecule has 1 amide bonds. The third kappa shape index (κ3) is 5.63. The second kappa shape index (κ2) is 10.5. The molecule has 1 aromatic carbocycles. The summed E-state index contributed by atoms with van der Waals surface area (Å²) in [6.45, 7) is 2.23. The van der Waals surface area contributed by atoms with Crippen LogP contribution in [-0.2, 0) is 20.9 Å². The van der Waals surface area contributed by atoms with Crippen LogP contribution in [0.2, 0.25) is 0 Å². The number of carbonyl (C=O) groups is 2. The van der Waals surface area contributed by atoms with Crippen molar-refractivity contribution in [2.24, 2.45) is 0 Å². The van der Waals surface area contributed by atoms with Gasteiger partial charge < -0.3 is 19.2 Å². The predicted molar refractivity (Wildman–Crippen MR) is 110 cm³/mol. The summed E-state index contributed by atoms with van der Waals surface area (Å²) in [4.78, 5) is 23.4. The molecule has 9 nitrogen and oxygen atoms in total. The molecule has 0 unspecified atom stereocenters. The minimum atomic E-state index is -0.473. The Kier molecular flexibility index (Phi) is 7.50. The molecule has 0 radical (unpaired) electrons. The van der Waals surface area contributed by atoms with Gasteiger partial charge in [0.2, 0.25) is 5.91 Å². The first-order valence-corrected chi connectivity index (χ1v) is 10.2. The van der Waals surface area contributed by atoms with Gasteiger partial charge in [-0.05, 0) is 43.3 Å². The molecule has 158 valence electrons. The Hall–Kier alpha value is -3.27. The van der Waals surface area contributed by atoms with Crippen LogP contribution in [0.4, 0.5) is 0 Å². The number of methoxy groups -OCH3 is 1. The molecule has 0 atom stereocenters. The zero-order valence-electron chi connectivity index (χ0n) is 16.7. The number of hydrogen-bond donors (Lipinski definition) is 1. The average Bonchev–Trinajstić information content (AvgIpc) is 3.41. The Bertz CT molecular complexity index is 970. The second-order valence-corrected chi connectivity index (χ2v) is 7.01. The standard InChI is InChI=1S/C20H22N4O5S/c1-3-28-18(26)11-21-17(25)13-30-20-23-22-19(14-6-8-15(27-2)9-7-14)24(20)12-16-5-4-10-29-16/h4-10H,3,11-13H2,1-2H3,(H,21,25). The molecule has 1 N–H and O–H groups in total. The molecule has 0 fully saturated rings. The van der Waals surface area contributed by atoms with Gasteiger partial charge in [0.05, 0.1) is 32.3 Å². The van der Waals surface area contributed by atoms with Gasteiger partial charge in [0.15, 0.2) is 11.0 Å². The molecule has 0 saturated carbocycles. The van der Waals surface area contributed by atoms with Crippen molar-refractivity contribution in [2.75, 3.05) is 26.0 Å². The van der Waals surface area contributed by atoms with Crippen LogP contribution in [0.15, 0.2) is 52.2 Å². The molecule has 10 heteroatoms. The third-order valence-corrected chi connectivity index (χ3v) is 4.99. The molecule has 3 rings (SSSR count). The Morgan fingerprint density at radius 3 is 2.67 bits per heavy atom. The van der Waals surface area contributed by atoms with E-state index < -0.39 is 5.97 Å². The summed E-state index contributed by atoms with van der Waals surface area (Å²) in [5.41, 5.74) is 0.855. The van der Waals surface area contributed by atoms with Gasteiger partial charge in [0, 0.05) is 5.56 Å². The summed E-state index contributed by atoms with van der Waals surface area (Å²) >= 11 is 1.22. The Morgan fingerprint density at radius 2 is 2.00 bits per heavy atom. The number of thioether (sulfide) groups is 1. The van der Waals surface area contributed by atoms with Gasteiger partial charge >= 0.3 is 5.97 Å². The zero-order chi connectivity index (χ0) is 21.3. The Labute approximate surface area is 177 Å². The van der Waals surface area contributed by atoms with E-state index in [2.05, 4.69) is 15.5 Å². The van der Waals surface area contributed by atoms with E-state index in [1.807, 2.05) is 41.0 Å². The maximum Gasteiger partial charge on any atom is 0.325 e. The van der Waals surface area contributed by atoms with Gasteiger partial charge in [-0.2, -0.15) is 0 Å². The van der Waals surface area contributed by atoms with Crippen LogP contribution in [0.5, 0.6) is 5.75 Å². The van der Waals surface area contributed by atoms with Crippen molar-refractivity contribution in [3.8, 4) is 17.1 Å². The number of nitrogens with zero attached hydrogens (tertiary/aromatic N) is 3. The lowest BCUT2D eigenvalue weighted by molar-refractivity contribution is -0.143. The van der Waals surface area contributed by atoms with E-state index in [0.717, 1.165) is 17.1 Å². The molecular weight excluding hydrogens is 408 g/mol. The van der Waals surface area contributed by atoms with Crippen molar-refractivity contribution >= 4 is 23.6 Å². The summed E-state index contributed by atoms with van der Waals surface area (Å²) in [5, 5.41) is 11.6.